The Morgan fingerprint density at radius 2 is 2.28 bits per heavy atom. The minimum atomic E-state index is -0.649. The fourth-order valence-corrected chi connectivity index (χ4v) is 6.22. The molecule has 2 aromatic rings. The molecule has 6 nitrogen and oxygen atoms in total. The molecule has 2 N–H and O–H groups in total. The number of anilines is 1. The predicted molar refractivity (Wildman–Crippen MR) is 97.2 cm³/mol. The van der Waals surface area contributed by atoms with Gasteiger partial charge in [0.05, 0.1) is 22.9 Å². The molecule has 1 aromatic heterocycles. The fraction of sp³-hybridized carbons (Fsp3) is 0.611. The van der Waals surface area contributed by atoms with E-state index < -0.39 is 6.35 Å². The summed E-state index contributed by atoms with van der Waals surface area (Å²) in [4.78, 5) is 9.62. The van der Waals surface area contributed by atoms with Gasteiger partial charge in [-0.15, -0.1) is 0 Å². The van der Waals surface area contributed by atoms with E-state index in [1.165, 1.54) is 23.1 Å². The molecular formula is C18H22N4O2S. The van der Waals surface area contributed by atoms with Gasteiger partial charge < -0.3 is 14.7 Å². The number of thiazole rings is 1. The third kappa shape index (κ3) is 1.87. The van der Waals surface area contributed by atoms with Crippen LogP contribution in [0.1, 0.15) is 24.8 Å². The van der Waals surface area contributed by atoms with Crippen molar-refractivity contribution in [3.8, 4) is 5.75 Å². The van der Waals surface area contributed by atoms with Crippen LogP contribution in [0.5, 0.6) is 5.75 Å². The van der Waals surface area contributed by atoms with Crippen LogP contribution in [-0.2, 0) is 6.42 Å². The Kier molecular flexibility index (Phi) is 2.86. The van der Waals surface area contributed by atoms with Gasteiger partial charge in [-0.1, -0.05) is 11.3 Å². The lowest BCUT2D eigenvalue weighted by Crippen LogP contribution is -2.59. The standard InChI is InChI=1S/C18H22N4O2S/c1-21-8-4-11-15(18(21)6-7-18)22(16(23)19-11)17-20-14-10-5-9-24-12(10)2-3-13(14)25-17/h2-3,11,15-16,19,23H,4-9H2,1H3/t11-,15+,16?/m1/s1. The molecular weight excluding hydrogens is 336 g/mol. The van der Waals surface area contributed by atoms with E-state index in [1.54, 1.807) is 11.3 Å². The molecule has 3 atom stereocenters. The van der Waals surface area contributed by atoms with Gasteiger partial charge in [0.2, 0.25) is 0 Å². The maximum Gasteiger partial charge on any atom is 0.189 e. The summed E-state index contributed by atoms with van der Waals surface area (Å²) in [5.74, 6) is 0.971. The molecule has 25 heavy (non-hydrogen) atoms. The maximum absolute atomic E-state index is 10.8. The minimum Gasteiger partial charge on any atom is -0.493 e. The van der Waals surface area contributed by atoms with Gasteiger partial charge in [-0.3, -0.25) is 10.2 Å². The number of benzene rings is 1. The van der Waals surface area contributed by atoms with Crippen LogP contribution in [0, 0.1) is 0 Å². The number of likely N-dealkylation sites (N-methyl/N-ethyl adjacent to an activating group) is 1. The van der Waals surface area contributed by atoms with Crippen molar-refractivity contribution >= 4 is 26.7 Å². The number of fused-ring (bicyclic) bond motifs is 5. The van der Waals surface area contributed by atoms with Gasteiger partial charge in [0, 0.05) is 30.1 Å². The molecule has 1 unspecified atom stereocenters. The lowest BCUT2D eigenvalue weighted by Gasteiger charge is -2.44. The molecule has 3 aliphatic heterocycles. The third-order valence-corrected chi connectivity index (χ3v) is 7.63. The summed E-state index contributed by atoms with van der Waals surface area (Å²) in [7, 11) is 2.23. The summed E-state index contributed by atoms with van der Waals surface area (Å²) in [6.45, 7) is 1.84. The number of likely N-dealkylation sites (tertiary alicyclic amines) is 1. The van der Waals surface area contributed by atoms with Crippen LogP contribution >= 0.6 is 11.3 Å². The van der Waals surface area contributed by atoms with Crippen LogP contribution in [0.15, 0.2) is 12.1 Å². The summed E-state index contributed by atoms with van der Waals surface area (Å²) in [6.07, 6.45) is 3.77. The Morgan fingerprint density at radius 1 is 1.40 bits per heavy atom. The molecule has 7 heteroatoms. The number of ether oxygens (including phenoxy) is 1. The molecule has 1 spiro atoms. The first-order chi connectivity index (χ1) is 12.2. The molecule has 132 valence electrons. The fourth-order valence-electron chi connectivity index (χ4n) is 5.16. The number of aliphatic hydroxyl groups is 1. The van der Waals surface area contributed by atoms with Gasteiger partial charge in [-0.2, -0.15) is 0 Å². The van der Waals surface area contributed by atoms with Gasteiger partial charge in [-0.25, -0.2) is 4.98 Å². The highest BCUT2D eigenvalue weighted by Crippen LogP contribution is 2.53. The lowest BCUT2D eigenvalue weighted by atomic mass is 9.90. The molecule has 2 saturated heterocycles. The zero-order valence-electron chi connectivity index (χ0n) is 14.2. The Bertz CT molecular complexity index is 864. The average Bonchev–Trinajstić information content (AvgIpc) is 2.97. The molecule has 1 saturated carbocycles. The first kappa shape index (κ1) is 14.7. The summed E-state index contributed by atoms with van der Waals surface area (Å²) < 4.78 is 6.87. The molecule has 0 amide bonds. The molecule has 3 fully saturated rings. The SMILES string of the molecule is CN1CC[C@H]2NC(O)N(c3nc4c5c(ccc4s3)OCC5)[C@@H]2C12CC2. The van der Waals surface area contributed by atoms with Crippen molar-refractivity contribution < 1.29 is 9.84 Å². The first-order valence-corrected chi connectivity index (χ1v) is 9.98. The topological polar surface area (TPSA) is 60.9 Å². The van der Waals surface area contributed by atoms with Gasteiger partial charge in [0.1, 0.15) is 5.75 Å². The maximum atomic E-state index is 10.8. The second kappa shape index (κ2) is 4.85. The van der Waals surface area contributed by atoms with Crippen LogP contribution in [0.2, 0.25) is 0 Å². The lowest BCUT2D eigenvalue weighted by molar-refractivity contribution is 0.130. The van der Waals surface area contributed by atoms with E-state index in [2.05, 4.69) is 34.3 Å². The second-order valence-corrected chi connectivity index (χ2v) is 8.81. The van der Waals surface area contributed by atoms with Gasteiger partial charge in [0.25, 0.3) is 0 Å². The largest absolute Gasteiger partial charge is 0.493 e. The van der Waals surface area contributed by atoms with Crippen molar-refractivity contribution in [3.05, 3.63) is 17.7 Å². The summed E-state index contributed by atoms with van der Waals surface area (Å²) >= 11 is 1.69. The van der Waals surface area contributed by atoms with Crippen molar-refractivity contribution in [2.45, 2.75) is 49.7 Å². The van der Waals surface area contributed by atoms with Crippen molar-refractivity contribution in [3.63, 3.8) is 0 Å². The second-order valence-electron chi connectivity index (χ2n) is 7.80. The number of nitrogens with zero attached hydrogens (tertiary/aromatic N) is 3. The van der Waals surface area contributed by atoms with E-state index in [1.807, 2.05) is 0 Å². The van der Waals surface area contributed by atoms with Crippen molar-refractivity contribution in [2.24, 2.45) is 0 Å². The Balaban J connectivity index is 1.47. The quantitative estimate of drug-likeness (QED) is 0.806. The monoisotopic (exact) mass is 358 g/mol. The highest BCUT2D eigenvalue weighted by atomic mass is 32.1. The molecule has 6 rings (SSSR count). The van der Waals surface area contributed by atoms with E-state index in [9.17, 15) is 5.11 Å². The zero-order valence-corrected chi connectivity index (χ0v) is 15.1. The average molecular weight is 358 g/mol. The Morgan fingerprint density at radius 3 is 3.12 bits per heavy atom. The van der Waals surface area contributed by atoms with Gasteiger partial charge in [0.15, 0.2) is 11.5 Å². The molecule has 4 heterocycles. The van der Waals surface area contributed by atoms with Gasteiger partial charge >= 0.3 is 0 Å². The highest BCUT2D eigenvalue weighted by Gasteiger charge is 2.63. The van der Waals surface area contributed by atoms with Crippen molar-refractivity contribution in [1.82, 2.24) is 15.2 Å². The number of aliphatic hydroxyl groups excluding tert-OH is 1. The summed E-state index contributed by atoms with van der Waals surface area (Å²) in [6, 6.07) is 4.81. The van der Waals surface area contributed by atoms with Crippen molar-refractivity contribution in [1.29, 1.82) is 0 Å². The normalized spacial score (nSPS) is 32.9. The Hall–Kier alpha value is -1.41. The predicted octanol–water partition coefficient (Wildman–Crippen LogP) is 1.52. The zero-order chi connectivity index (χ0) is 16.8. The highest BCUT2D eigenvalue weighted by molar-refractivity contribution is 7.22. The number of hydrogen-bond donors (Lipinski definition) is 2. The van der Waals surface area contributed by atoms with E-state index in [0.29, 0.717) is 12.1 Å². The molecule has 4 aliphatic rings. The van der Waals surface area contributed by atoms with E-state index in [4.69, 9.17) is 9.72 Å². The molecule has 0 bridgehead atoms. The number of hydrogen-bond acceptors (Lipinski definition) is 7. The summed E-state index contributed by atoms with van der Waals surface area (Å²) in [5.41, 5.74) is 2.48. The van der Waals surface area contributed by atoms with Gasteiger partial charge in [-0.05, 0) is 38.4 Å². The number of rotatable bonds is 1. The van der Waals surface area contributed by atoms with E-state index in [-0.39, 0.29) is 5.54 Å². The van der Waals surface area contributed by atoms with E-state index in [0.717, 1.165) is 42.4 Å². The van der Waals surface area contributed by atoms with Crippen molar-refractivity contribution in [2.75, 3.05) is 25.1 Å². The third-order valence-electron chi connectivity index (χ3n) is 6.60. The molecule has 1 aliphatic carbocycles. The number of aromatic nitrogens is 1. The molecule has 1 aromatic carbocycles. The smallest absolute Gasteiger partial charge is 0.189 e. The Labute approximate surface area is 150 Å². The van der Waals surface area contributed by atoms with Crippen LogP contribution in [0.25, 0.3) is 10.2 Å². The first-order valence-electron chi connectivity index (χ1n) is 9.16. The molecule has 0 radical (unpaired) electrons. The van der Waals surface area contributed by atoms with Crippen LogP contribution < -0.4 is 15.0 Å². The van der Waals surface area contributed by atoms with Crippen LogP contribution in [-0.4, -0.2) is 59.2 Å². The minimum absolute atomic E-state index is 0.205. The number of piperidine rings is 1. The summed E-state index contributed by atoms with van der Waals surface area (Å²) in [5, 5.41) is 15.1. The van der Waals surface area contributed by atoms with E-state index >= 15 is 0 Å². The number of nitrogens with one attached hydrogen (secondary N) is 1. The van der Waals surface area contributed by atoms with Crippen LogP contribution in [0.3, 0.4) is 0 Å². The van der Waals surface area contributed by atoms with Crippen LogP contribution in [0.4, 0.5) is 5.13 Å².